The molecule has 1 atom stereocenters. The topological polar surface area (TPSA) is 86.0 Å². The fourth-order valence-corrected chi connectivity index (χ4v) is 4.98. The molecule has 0 saturated heterocycles. The summed E-state index contributed by atoms with van der Waals surface area (Å²) in [6.07, 6.45) is 1.64. The number of rotatable bonds is 8. The van der Waals surface area contributed by atoms with Gasteiger partial charge in [-0.05, 0) is 74.0 Å². The Balaban J connectivity index is 1.74. The molecule has 192 valence electrons. The highest BCUT2D eigenvalue weighted by Crippen LogP contribution is 2.43. The zero-order chi connectivity index (χ0) is 27.0. The number of benzene rings is 3. The van der Waals surface area contributed by atoms with Gasteiger partial charge in [-0.3, -0.25) is 19.3 Å². The third-order valence-electron chi connectivity index (χ3n) is 6.32. The summed E-state index contributed by atoms with van der Waals surface area (Å²) in [5.74, 6) is 0.441. The summed E-state index contributed by atoms with van der Waals surface area (Å²) in [5.41, 5.74) is 1.93. The number of amides is 1. The van der Waals surface area contributed by atoms with Gasteiger partial charge < -0.3 is 13.9 Å². The Labute approximate surface area is 227 Å². The minimum atomic E-state index is -0.798. The van der Waals surface area contributed by atoms with Crippen LogP contribution in [-0.4, -0.2) is 24.9 Å². The third kappa shape index (κ3) is 4.41. The molecule has 8 heteroatoms. The average molecular weight is 574 g/mol. The summed E-state index contributed by atoms with van der Waals surface area (Å²) in [4.78, 5) is 41.1. The highest BCUT2D eigenvalue weighted by molar-refractivity contribution is 9.10. The van der Waals surface area contributed by atoms with E-state index in [-0.39, 0.29) is 22.5 Å². The standard InChI is InChI=1S/C30H24BrNO6/c1-4-14-37-24-12-8-19(15-25(24)36-5-2)27-26-28(34)22-16-20(31)9-13-23(22)38-29(26)30(35)32(27)21-10-6-18(7-11-21)17(3)33/h4,6-13,15-16,27H,1,5,14H2,2-3H3. The maximum Gasteiger partial charge on any atom is 0.295 e. The van der Waals surface area contributed by atoms with Gasteiger partial charge in [-0.15, -0.1) is 0 Å². The summed E-state index contributed by atoms with van der Waals surface area (Å²) in [6.45, 7) is 7.72. The molecule has 5 rings (SSSR count). The monoisotopic (exact) mass is 573 g/mol. The van der Waals surface area contributed by atoms with Crippen LogP contribution in [0.3, 0.4) is 0 Å². The van der Waals surface area contributed by atoms with Gasteiger partial charge in [0.2, 0.25) is 5.76 Å². The number of fused-ring (bicyclic) bond motifs is 2. The summed E-state index contributed by atoms with van der Waals surface area (Å²) >= 11 is 3.42. The molecule has 0 aliphatic carbocycles. The maximum atomic E-state index is 13.9. The molecule has 1 aromatic heterocycles. The van der Waals surface area contributed by atoms with Crippen LogP contribution in [0.25, 0.3) is 11.0 Å². The van der Waals surface area contributed by atoms with Crippen LogP contribution in [0.2, 0.25) is 0 Å². The van der Waals surface area contributed by atoms with Crippen molar-refractivity contribution in [2.45, 2.75) is 19.9 Å². The molecule has 2 heterocycles. The molecule has 7 nitrogen and oxygen atoms in total. The van der Waals surface area contributed by atoms with Gasteiger partial charge in [0.25, 0.3) is 5.91 Å². The van der Waals surface area contributed by atoms with Crippen molar-refractivity contribution in [2.75, 3.05) is 18.1 Å². The lowest BCUT2D eigenvalue weighted by atomic mass is 9.97. The quantitative estimate of drug-likeness (QED) is 0.177. The largest absolute Gasteiger partial charge is 0.490 e. The van der Waals surface area contributed by atoms with Crippen LogP contribution in [0.15, 0.2) is 87.0 Å². The number of nitrogens with zero attached hydrogens (tertiary/aromatic N) is 1. The zero-order valence-corrected chi connectivity index (χ0v) is 22.4. The normalized spacial score (nSPS) is 14.4. The lowest BCUT2D eigenvalue weighted by Gasteiger charge is -2.26. The van der Waals surface area contributed by atoms with Crippen molar-refractivity contribution in [1.82, 2.24) is 0 Å². The molecule has 1 amide bonds. The number of anilines is 1. The molecule has 0 fully saturated rings. The van der Waals surface area contributed by atoms with Crippen LogP contribution in [0, 0.1) is 0 Å². The second kappa shape index (κ2) is 10.3. The molecule has 1 aliphatic rings. The van der Waals surface area contributed by atoms with Gasteiger partial charge in [-0.2, -0.15) is 0 Å². The van der Waals surface area contributed by atoms with Crippen LogP contribution < -0.4 is 19.8 Å². The van der Waals surface area contributed by atoms with E-state index in [4.69, 9.17) is 13.9 Å². The van der Waals surface area contributed by atoms with Crippen molar-refractivity contribution in [3.05, 3.63) is 110 Å². The molecule has 4 aromatic rings. The van der Waals surface area contributed by atoms with E-state index in [2.05, 4.69) is 22.5 Å². The van der Waals surface area contributed by atoms with E-state index in [0.29, 0.717) is 52.5 Å². The van der Waals surface area contributed by atoms with E-state index in [1.807, 2.05) is 6.92 Å². The first-order valence-corrected chi connectivity index (χ1v) is 12.8. The van der Waals surface area contributed by atoms with Crippen molar-refractivity contribution in [3.63, 3.8) is 0 Å². The molecule has 38 heavy (non-hydrogen) atoms. The second-order valence-electron chi connectivity index (χ2n) is 8.73. The van der Waals surface area contributed by atoms with E-state index >= 15 is 0 Å². The number of hydrogen-bond acceptors (Lipinski definition) is 6. The van der Waals surface area contributed by atoms with Gasteiger partial charge in [-0.25, -0.2) is 0 Å². The third-order valence-corrected chi connectivity index (χ3v) is 6.82. The zero-order valence-electron chi connectivity index (χ0n) is 20.8. The van der Waals surface area contributed by atoms with E-state index < -0.39 is 11.9 Å². The highest BCUT2D eigenvalue weighted by atomic mass is 79.9. The SMILES string of the molecule is C=CCOc1ccc(C2c3c(oc4ccc(Br)cc4c3=O)C(=O)N2c2ccc(C(C)=O)cc2)cc1OCC. The van der Waals surface area contributed by atoms with Crippen molar-refractivity contribution < 1.29 is 23.5 Å². The number of hydrogen-bond donors (Lipinski definition) is 0. The van der Waals surface area contributed by atoms with Crippen molar-refractivity contribution in [1.29, 1.82) is 0 Å². The van der Waals surface area contributed by atoms with Crippen LogP contribution in [0.1, 0.15) is 51.9 Å². The molecule has 0 radical (unpaired) electrons. The molecule has 0 saturated carbocycles. The predicted octanol–water partition coefficient (Wildman–Crippen LogP) is 6.47. The Morgan fingerprint density at radius 3 is 2.50 bits per heavy atom. The van der Waals surface area contributed by atoms with Crippen molar-refractivity contribution in [2.24, 2.45) is 0 Å². The van der Waals surface area contributed by atoms with Gasteiger partial charge in [0.1, 0.15) is 12.2 Å². The maximum absolute atomic E-state index is 13.9. The van der Waals surface area contributed by atoms with Crippen LogP contribution >= 0.6 is 15.9 Å². The molecule has 0 spiro atoms. The summed E-state index contributed by atoms with van der Waals surface area (Å²) < 4.78 is 18.3. The average Bonchev–Trinajstić information content (AvgIpc) is 3.21. The molecule has 0 bridgehead atoms. The fraction of sp³-hybridized carbons (Fsp3) is 0.167. The Bertz CT molecular complexity index is 1640. The van der Waals surface area contributed by atoms with E-state index in [9.17, 15) is 14.4 Å². The van der Waals surface area contributed by atoms with E-state index in [0.717, 1.165) is 4.47 Å². The van der Waals surface area contributed by atoms with E-state index in [1.165, 1.54) is 11.8 Å². The van der Waals surface area contributed by atoms with Gasteiger partial charge in [-0.1, -0.05) is 34.7 Å². The number of ketones is 1. The fourth-order valence-electron chi connectivity index (χ4n) is 4.61. The Morgan fingerprint density at radius 2 is 1.82 bits per heavy atom. The molecule has 3 aromatic carbocycles. The molecular weight excluding hydrogens is 550 g/mol. The van der Waals surface area contributed by atoms with Crippen molar-refractivity contribution in [3.8, 4) is 11.5 Å². The number of Topliss-reactive ketones (excluding diaryl/α,β-unsaturated/α-hetero) is 1. The number of carbonyl (C=O) groups is 2. The minimum Gasteiger partial charge on any atom is -0.490 e. The first-order chi connectivity index (χ1) is 18.3. The highest BCUT2D eigenvalue weighted by Gasteiger charge is 2.44. The smallest absolute Gasteiger partial charge is 0.295 e. The Morgan fingerprint density at radius 1 is 1.05 bits per heavy atom. The number of carbonyl (C=O) groups excluding carboxylic acids is 2. The van der Waals surface area contributed by atoms with Gasteiger partial charge in [0.05, 0.1) is 23.6 Å². The molecule has 1 aliphatic heterocycles. The molecular formula is C30H24BrNO6. The number of ether oxygens (including phenoxy) is 2. The van der Waals surface area contributed by atoms with Gasteiger partial charge in [0.15, 0.2) is 22.7 Å². The van der Waals surface area contributed by atoms with Crippen molar-refractivity contribution >= 4 is 44.3 Å². The summed E-state index contributed by atoms with van der Waals surface area (Å²) in [5, 5.41) is 0.362. The first kappa shape index (κ1) is 25.5. The second-order valence-corrected chi connectivity index (χ2v) is 9.65. The molecule has 0 N–H and O–H groups in total. The predicted molar refractivity (Wildman–Crippen MR) is 149 cm³/mol. The van der Waals surface area contributed by atoms with Crippen LogP contribution in [-0.2, 0) is 0 Å². The minimum absolute atomic E-state index is 0.0181. The summed E-state index contributed by atoms with van der Waals surface area (Å²) in [6, 6.07) is 16.3. The lowest BCUT2D eigenvalue weighted by Crippen LogP contribution is -2.29. The van der Waals surface area contributed by atoms with Crippen LogP contribution in [0.4, 0.5) is 5.69 Å². The Hall–Kier alpha value is -4.17. The molecule has 1 unspecified atom stereocenters. The first-order valence-electron chi connectivity index (χ1n) is 12.0. The summed E-state index contributed by atoms with van der Waals surface area (Å²) in [7, 11) is 0. The van der Waals surface area contributed by atoms with Crippen LogP contribution in [0.5, 0.6) is 11.5 Å². The van der Waals surface area contributed by atoms with E-state index in [1.54, 1.807) is 66.7 Å². The Kier molecular flexibility index (Phi) is 6.91. The lowest BCUT2D eigenvalue weighted by molar-refractivity contribution is 0.0970. The van der Waals surface area contributed by atoms with Gasteiger partial charge in [0, 0.05) is 15.7 Å². The number of halogens is 1. The van der Waals surface area contributed by atoms with Gasteiger partial charge >= 0.3 is 0 Å².